The molecule has 0 amide bonds. The molecule has 0 radical (unpaired) electrons. The Bertz CT molecular complexity index is 1070. The first kappa shape index (κ1) is 19.9. The third kappa shape index (κ3) is 3.60. The maximum Gasteiger partial charge on any atom is 0.310 e. The lowest BCUT2D eigenvalue weighted by atomic mass is 10.1. The van der Waals surface area contributed by atoms with E-state index in [1.165, 1.54) is 22.8 Å². The second kappa shape index (κ2) is 8.02. The van der Waals surface area contributed by atoms with E-state index in [4.69, 9.17) is 16.3 Å². The molecule has 0 spiro atoms. The van der Waals surface area contributed by atoms with Crippen LogP contribution in [0, 0.1) is 12.7 Å². The number of halogens is 2. The number of ether oxygens (including phenoxy) is 1. The highest BCUT2D eigenvalue weighted by Gasteiger charge is 2.25. The SMILES string of the molecule is CCCOC(=O)Cc1c(C)n(C(=O)c2cccc(Cl)c2)c2ccc(O)c(F)c12. The van der Waals surface area contributed by atoms with E-state index in [9.17, 15) is 19.1 Å². The highest BCUT2D eigenvalue weighted by Crippen LogP contribution is 2.33. The number of hydrogen-bond acceptors (Lipinski definition) is 4. The molecule has 3 rings (SSSR count). The van der Waals surface area contributed by atoms with Crippen LogP contribution >= 0.6 is 11.6 Å². The Morgan fingerprint density at radius 1 is 1.25 bits per heavy atom. The Morgan fingerprint density at radius 2 is 2.00 bits per heavy atom. The van der Waals surface area contributed by atoms with E-state index in [0.717, 1.165) is 0 Å². The summed E-state index contributed by atoms with van der Waals surface area (Å²) in [7, 11) is 0. The Balaban J connectivity index is 2.18. The van der Waals surface area contributed by atoms with Gasteiger partial charge in [0.05, 0.1) is 18.5 Å². The van der Waals surface area contributed by atoms with Crippen molar-refractivity contribution in [1.82, 2.24) is 4.57 Å². The van der Waals surface area contributed by atoms with E-state index in [-0.39, 0.29) is 23.9 Å². The number of aromatic nitrogens is 1. The lowest BCUT2D eigenvalue weighted by Crippen LogP contribution is -2.14. The summed E-state index contributed by atoms with van der Waals surface area (Å²) in [5, 5.41) is 10.2. The van der Waals surface area contributed by atoms with Crippen LogP contribution in [0.2, 0.25) is 5.02 Å². The summed E-state index contributed by atoms with van der Waals surface area (Å²) in [6.45, 7) is 3.75. The van der Waals surface area contributed by atoms with Gasteiger partial charge >= 0.3 is 5.97 Å². The molecule has 0 bridgehead atoms. The number of rotatable bonds is 5. The number of benzene rings is 2. The maximum absolute atomic E-state index is 14.7. The van der Waals surface area contributed by atoms with E-state index < -0.39 is 23.4 Å². The summed E-state index contributed by atoms with van der Waals surface area (Å²) in [5.74, 6) is -2.37. The Hall–Kier alpha value is -2.86. The van der Waals surface area contributed by atoms with Crippen molar-refractivity contribution in [2.24, 2.45) is 0 Å². The zero-order valence-corrected chi connectivity index (χ0v) is 16.2. The molecule has 2 aromatic carbocycles. The van der Waals surface area contributed by atoms with Crippen molar-refractivity contribution in [2.45, 2.75) is 26.7 Å². The molecule has 146 valence electrons. The quantitative estimate of drug-likeness (QED) is 0.630. The Labute approximate surface area is 166 Å². The monoisotopic (exact) mass is 403 g/mol. The highest BCUT2D eigenvalue weighted by atomic mass is 35.5. The largest absolute Gasteiger partial charge is 0.505 e. The van der Waals surface area contributed by atoms with E-state index in [1.807, 2.05) is 6.92 Å². The highest BCUT2D eigenvalue weighted by molar-refractivity contribution is 6.31. The van der Waals surface area contributed by atoms with Gasteiger partial charge in [0.2, 0.25) is 0 Å². The minimum absolute atomic E-state index is 0.0290. The van der Waals surface area contributed by atoms with E-state index in [1.54, 1.807) is 25.1 Å². The summed E-state index contributed by atoms with van der Waals surface area (Å²) in [6.07, 6.45) is 0.452. The van der Waals surface area contributed by atoms with Crippen molar-refractivity contribution < 1.29 is 23.8 Å². The van der Waals surface area contributed by atoms with Crippen molar-refractivity contribution in [3.8, 4) is 5.75 Å². The number of carbonyl (C=O) groups excluding carboxylic acids is 2. The number of phenolic OH excluding ortho intramolecular Hbond substituents is 1. The number of esters is 1. The fraction of sp³-hybridized carbons (Fsp3) is 0.238. The molecule has 0 unspecified atom stereocenters. The van der Waals surface area contributed by atoms with Crippen molar-refractivity contribution in [1.29, 1.82) is 0 Å². The van der Waals surface area contributed by atoms with Crippen molar-refractivity contribution in [3.05, 3.63) is 64.1 Å². The molecular formula is C21H19ClFNO4. The van der Waals surface area contributed by atoms with Gasteiger partial charge in [0.1, 0.15) is 0 Å². The molecule has 5 nitrogen and oxygen atoms in total. The van der Waals surface area contributed by atoms with Crippen LogP contribution < -0.4 is 0 Å². The van der Waals surface area contributed by atoms with Gasteiger partial charge in [-0.05, 0) is 49.2 Å². The summed E-state index contributed by atoms with van der Waals surface area (Å²) < 4.78 is 21.2. The molecule has 28 heavy (non-hydrogen) atoms. The van der Waals surface area contributed by atoms with E-state index in [0.29, 0.717) is 28.3 Å². The maximum atomic E-state index is 14.7. The smallest absolute Gasteiger partial charge is 0.310 e. The zero-order valence-electron chi connectivity index (χ0n) is 15.5. The molecule has 1 N–H and O–H groups in total. The van der Waals surface area contributed by atoms with Gasteiger partial charge in [0.15, 0.2) is 11.6 Å². The van der Waals surface area contributed by atoms with Gasteiger partial charge in [-0.2, -0.15) is 0 Å². The number of hydrogen-bond donors (Lipinski definition) is 1. The molecule has 0 saturated heterocycles. The lowest BCUT2D eigenvalue weighted by molar-refractivity contribution is -0.142. The van der Waals surface area contributed by atoms with Crippen LogP contribution in [0.25, 0.3) is 10.9 Å². The third-order valence-electron chi connectivity index (χ3n) is 4.48. The number of carbonyl (C=O) groups is 2. The first-order chi connectivity index (χ1) is 13.3. The van der Waals surface area contributed by atoms with E-state index in [2.05, 4.69) is 0 Å². The van der Waals surface area contributed by atoms with Gasteiger partial charge in [-0.25, -0.2) is 4.39 Å². The molecule has 0 aliphatic rings. The third-order valence-corrected chi connectivity index (χ3v) is 4.71. The molecular weight excluding hydrogens is 385 g/mol. The second-order valence-electron chi connectivity index (χ2n) is 6.40. The zero-order chi connectivity index (χ0) is 20.4. The van der Waals surface area contributed by atoms with Gasteiger partial charge in [0.25, 0.3) is 5.91 Å². The number of fused-ring (bicyclic) bond motifs is 1. The predicted molar refractivity (Wildman–Crippen MR) is 104 cm³/mol. The average Bonchev–Trinajstić information content (AvgIpc) is 2.94. The Morgan fingerprint density at radius 3 is 2.68 bits per heavy atom. The Kier molecular flexibility index (Phi) is 5.70. The number of phenols is 1. The van der Waals surface area contributed by atoms with Crippen LogP contribution in [0.3, 0.4) is 0 Å². The number of aromatic hydroxyl groups is 1. The topological polar surface area (TPSA) is 68.5 Å². The van der Waals surface area contributed by atoms with Crippen LogP contribution in [0.1, 0.15) is 35.0 Å². The summed E-state index contributed by atoms with van der Waals surface area (Å²) in [5.41, 5.74) is 1.29. The van der Waals surface area contributed by atoms with Gasteiger partial charge in [-0.3, -0.25) is 14.2 Å². The summed E-state index contributed by atoms with van der Waals surface area (Å²) >= 11 is 5.99. The fourth-order valence-electron chi connectivity index (χ4n) is 3.16. The van der Waals surface area contributed by atoms with Gasteiger partial charge in [0, 0.05) is 21.7 Å². The molecule has 0 aliphatic heterocycles. The number of nitrogens with zero attached hydrogens (tertiary/aromatic N) is 1. The van der Waals surface area contributed by atoms with Crippen LogP contribution in [-0.4, -0.2) is 28.2 Å². The molecule has 7 heteroatoms. The van der Waals surface area contributed by atoms with Crippen LogP contribution in [0.5, 0.6) is 5.75 Å². The van der Waals surface area contributed by atoms with Crippen molar-refractivity contribution in [3.63, 3.8) is 0 Å². The van der Waals surface area contributed by atoms with Crippen molar-refractivity contribution in [2.75, 3.05) is 6.61 Å². The van der Waals surface area contributed by atoms with E-state index >= 15 is 0 Å². The summed E-state index contributed by atoms with van der Waals surface area (Å²) in [6, 6.07) is 9.03. The van der Waals surface area contributed by atoms with Gasteiger partial charge in [-0.15, -0.1) is 0 Å². The first-order valence-electron chi connectivity index (χ1n) is 8.82. The molecule has 1 heterocycles. The van der Waals surface area contributed by atoms with Crippen LogP contribution in [0.4, 0.5) is 4.39 Å². The standard InChI is InChI=1S/C21H19ClFNO4/c1-3-9-28-18(26)11-15-12(2)24(16-7-8-17(25)20(23)19(15)16)21(27)13-5-4-6-14(22)10-13/h4-8,10,25H,3,9,11H2,1-2H3. The predicted octanol–water partition coefficient (Wildman–Crippen LogP) is 4.63. The van der Waals surface area contributed by atoms with Crippen LogP contribution in [0.15, 0.2) is 36.4 Å². The molecule has 0 aliphatic carbocycles. The average molecular weight is 404 g/mol. The minimum atomic E-state index is -0.878. The molecule has 0 saturated carbocycles. The van der Waals surface area contributed by atoms with Gasteiger partial charge in [-0.1, -0.05) is 24.6 Å². The van der Waals surface area contributed by atoms with Crippen molar-refractivity contribution >= 4 is 34.4 Å². The molecule has 3 aromatic rings. The molecule has 0 fully saturated rings. The van der Waals surface area contributed by atoms with Gasteiger partial charge < -0.3 is 9.84 Å². The fourth-order valence-corrected chi connectivity index (χ4v) is 3.36. The molecule has 1 aromatic heterocycles. The summed E-state index contributed by atoms with van der Waals surface area (Å²) in [4.78, 5) is 25.2. The molecule has 0 atom stereocenters. The van der Waals surface area contributed by atoms with Crippen LogP contribution in [-0.2, 0) is 16.0 Å². The minimum Gasteiger partial charge on any atom is -0.505 e. The lowest BCUT2D eigenvalue weighted by Gasteiger charge is -2.08. The first-order valence-corrected chi connectivity index (χ1v) is 9.20. The normalized spacial score (nSPS) is 11.0. The second-order valence-corrected chi connectivity index (χ2v) is 6.84.